The Hall–Kier alpha value is -2.29. The van der Waals surface area contributed by atoms with E-state index in [1.807, 2.05) is 44.2 Å². The normalized spacial score (nSPS) is 10.2. The van der Waals surface area contributed by atoms with E-state index in [9.17, 15) is 4.79 Å². The van der Waals surface area contributed by atoms with E-state index in [-0.39, 0.29) is 12.5 Å². The lowest BCUT2D eigenvalue weighted by molar-refractivity contribution is -0.114. The van der Waals surface area contributed by atoms with Gasteiger partial charge in [-0.2, -0.15) is 0 Å². The van der Waals surface area contributed by atoms with E-state index in [0.29, 0.717) is 0 Å². The Bertz CT molecular complexity index is 583. The quantitative estimate of drug-likeness (QED) is 0.888. The number of benzene rings is 2. The monoisotopic (exact) mass is 268 g/mol. The van der Waals surface area contributed by atoms with Crippen molar-refractivity contribution < 1.29 is 4.79 Å². The number of carbonyl (C=O) groups is 1. The first-order valence-electron chi connectivity index (χ1n) is 6.73. The molecule has 20 heavy (non-hydrogen) atoms. The highest BCUT2D eigenvalue weighted by molar-refractivity contribution is 5.95. The molecule has 0 atom stereocenters. The molecule has 0 fully saturated rings. The molecule has 0 aromatic heterocycles. The van der Waals surface area contributed by atoms with Crippen molar-refractivity contribution in [1.29, 1.82) is 0 Å². The van der Waals surface area contributed by atoms with Crippen LogP contribution in [0.15, 0.2) is 42.5 Å². The lowest BCUT2D eigenvalue weighted by Gasteiger charge is -2.13. The minimum Gasteiger partial charge on any atom is -0.376 e. The molecule has 3 heteroatoms. The van der Waals surface area contributed by atoms with Crippen LogP contribution in [0, 0.1) is 20.8 Å². The van der Waals surface area contributed by atoms with Crippen molar-refractivity contribution >= 4 is 17.3 Å². The van der Waals surface area contributed by atoms with Gasteiger partial charge in [0.15, 0.2) is 0 Å². The smallest absolute Gasteiger partial charge is 0.243 e. The molecule has 0 aliphatic heterocycles. The maximum atomic E-state index is 12.0. The van der Waals surface area contributed by atoms with Crippen molar-refractivity contribution in [2.24, 2.45) is 0 Å². The van der Waals surface area contributed by atoms with Gasteiger partial charge in [0.1, 0.15) is 0 Å². The van der Waals surface area contributed by atoms with Crippen LogP contribution in [0.25, 0.3) is 0 Å². The molecular formula is C17H20N2O. The Balaban J connectivity index is 1.98. The van der Waals surface area contributed by atoms with Crippen molar-refractivity contribution in [1.82, 2.24) is 0 Å². The van der Waals surface area contributed by atoms with Crippen molar-refractivity contribution in [2.75, 3.05) is 17.2 Å². The van der Waals surface area contributed by atoms with Crippen LogP contribution in [-0.2, 0) is 4.79 Å². The van der Waals surface area contributed by atoms with Gasteiger partial charge in [-0.25, -0.2) is 0 Å². The molecule has 2 N–H and O–H groups in total. The average Bonchev–Trinajstić information content (AvgIpc) is 2.42. The molecule has 0 saturated carbocycles. The Labute approximate surface area is 120 Å². The molecule has 2 aromatic rings. The summed E-state index contributed by atoms with van der Waals surface area (Å²) in [6.07, 6.45) is 0. The summed E-state index contributed by atoms with van der Waals surface area (Å²) in [4.78, 5) is 12.0. The van der Waals surface area contributed by atoms with Crippen LogP contribution in [-0.4, -0.2) is 12.5 Å². The first-order valence-corrected chi connectivity index (χ1v) is 6.73. The van der Waals surface area contributed by atoms with Gasteiger partial charge in [0.25, 0.3) is 0 Å². The average molecular weight is 268 g/mol. The number of hydrogen-bond donors (Lipinski definition) is 2. The van der Waals surface area contributed by atoms with E-state index in [4.69, 9.17) is 0 Å². The minimum atomic E-state index is -0.0380. The van der Waals surface area contributed by atoms with Gasteiger partial charge in [0.2, 0.25) is 5.91 Å². The van der Waals surface area contributed by atoms with Gasteiger partial charge < -0.3 is 10.6 Å². The van der Waals surface area contributed by atoms with Crippen LogP contribution in [0.4, 0.5) is 11.4 Å². The SMILES string of the molecule is Cc1cc(C)c(NC(=O)CNc2ccccc2)c(C)c1. The predicted octanol–water partition coefficient (Wildman–Crippen LogP) is 3.66. The number of amides is 1. The van der Waals surface area contributed by atoms with Crippen LogP contribution >= 0.6 is 0 Å². The fourth-order valence-corrected chi connectivity index (χ4v) is 2.30. The standard InChI is InChI=1S/C17H20N2O/c1-12-9-13(2)17(14(3)10-12)19-16(20)11-18-15-7-5-4-6-8-15/h4-10,18H,11H2,1-3H3,(H,19,20). The molecule has 0 aliphatic rings. The summed E-state index contributed by atoms with van der Waals surface area (Å²) in [6, 6.07) is 13.9. The molecule has 0 unspecified atom stereocenters. The van der Waals surface area contributed by atoms with Gasteiger partial charge in [0, 0.05) is 11.4 Å². The van der Waals surface area contributed by atoms with Crippen molar-refractivity contribution in [3.8, 4) is 0 Å². The van der Waals surface area contributed by atoms with Gasteiger partial charge in [0.05, 0.1) is 6.54 Å². The predicted molar refractivity (Wildman–Crippen MR) is 84.2 cm³/mol. The largest absolute Gasteiger partial charge is 0.376 e. The Kier molecular flexibility index (Phi) is 4.41. The van der Waals surface area contributed by atoms with Crippen LogP contribution < -0.4 is 10.6 Å². The van der Waals surface area contributed by atoms with Gasteiger partial charge in [-0.1, -0.05) is 35.9 Å². The molecule has 2 aromatic carbocycles. The molecule has 0 saturated heterocycles. The summed E-state index contributed by atoms with van der Waals surface area (Å²) in [5.74, 6) is -0.0380. The Morgan fingerprint density at radius 2 is 1.60 bits per heavy atom. The molecule has 0 bridgehead atoms. The molecular weight excluding hydrogens is 248 g/mol. The summed E-state index contributed by atoms with van der Waals surface area (Å²) in [5.41, 5.74) is 5.25. The molecule has 3 nitrogen and oxygen atoms in total. The second-order valence-electron chi connectivity index (χ2n) is 5.04. The van der Waals surface area contributed by atoms with Crippen molar-refractivity contribution in [2.45, 2.75) is 20.8 Å². The Morgan fingerprint density at radius 1 is 1.00 bits per heavy atom. The molecule has 0 aliphatic carbocycles. The lowest BCUT2D eigenvalue weighted by atomic mass is 10.1. The topological polar surface area (TPSA) is 41.1 Å². The van der Waals surface area contributed by atoms with E-state index in [1.165, 1.54) is 5.56 Å². The number of anilines is 2. The molecule has 0 radical (unpaired) electrons. The van der Waals surface area contributed by atoms with Crippen LogP contribution in [0.1, 0.15) is 16.7 Å². The van der Waals surface area contributed by atoms with Crippen LogP contribution in [0.5, 0.6) is 0 Å². The third-order valence-electron chi connectivity index (χ3n) is 3.17. The first kappa shape index (κ1) is 14.1. The first-order chi connectivity index (χ1) is 9.56. The highest BCUT2D eigenvalue weighted by Crippen LogP contribution is 2.21. The zero-order valence-corrected chi connectivity index (χ0v) is 12.2. The summed E-state index contributed by atoms with van der Waals surface area (Å²) in [7, 11) is 0. The number of carbonyl (C=O) groups excluding carboxylic acids is 1. The number of rotatable bonds is 4. The third kappa shape index (κ3) is 3.60. The number of aryl methyl sites for hydroxylation is 3. The fraction of sp³-hybridized carbons (Fsp3) is 0.235. The third-order valence-corrected chi connectivity index (χ3v) is 3.17. The summed E-state index contributed by atoms with van der Waals surface area (Å²) in [6.45, 7) is 6.35. The molecule has 0 spiro atoms. The number of hydrogen-bond acceptors (Lipinski definition) is 2. The van der Waals surface area contributed by atoms with Gasteiger partial charge in [-0.05, 0) is 44.0 Å². The van der Waals surface area contributed by atoms with Crippen molar-refractivity contribution in [3.05, 3.63) is 59.2 Å². The molecule has 0 heterocycles. The highest BCUT2D eigenvalue weighted by atomic mass is 16.1. The van der Waals surface area contributed by atoms with E-state index in [1.54, 1.807) is 0 Å². The van der Waals surface area contributed by atoms with Crippen LogP contribution in [0.2, 0.25) is 0 Å². The second-order valence-corrected chi connectivity index (χ2v) is 5.04. The van der Waals surface area contributed by atoms with Gasteiger partial charge in [-0.15, -0.1) is 0 Å². The van der Waals surface area contributed by atoms with Gasteiger partial charge >= 0.3 is 0 Å². The Morgan fingerprint density at radius 3 is 2.20 bits per heavy atom. The van der Waals surface area contributed by atoms with E-state index in [2.05, 4.69) is 29.7 Å². The maximum Gasteiger partial charge on any atom is 0.243 e. The van der Waals surface area contributed by atoms with E-state index >= 15 is 0 Å². The second kappa shape index (κ2) is 6.24. The molecule has 2 rings (SSSR count). The summed E-state index contributed by atoms with van der Waals surface area (Å²) in [5, 5.41) is 6.08. The molecule has 1 amide bonds. The summed E-state index contributed by atoms with van der Waals surface area (Å²) < 4.78 is 0. The zero-order valence-electron chi connectivity index (χ0n) is 12.2. The summed E-state index contributed by atoms with van der Waals surface area (Å²) >= 11 is 0. The maximum absolute atomic E-state index is 12.0. The fourth-order valence-electron chi connectivity index (χ4n) is 2.30. The minimum absolute atomic E-state index is 0.0380. The van der Waals surface area contributed by atoms with Crippen molar-refractivity contribution in [3.63, 3.8) is 0 Å². The van der Waals surface area contributed by atoms with E-state index < -0.39 is 0 Å². The molecule has 104 valence electrons. The number of para-hydroxylation sites is 1. The van der Waals surface area contributed by atoms with Gasteiger partial charge in [-0.3, -0.25) is 4.79 Å². The zero-order chi connectivity index (χ0) is 14.5. The lowest BCUT2D eigenvalue weighted by Crippen LogP contribution is -2.22. The number of nitrogens with one attached hydrogen (secondary N) is 2. The highest BCUT2D eigenvalue weighted by Gasteiger charge is 2.08. The van der Waals surface area contributed by atoms with Crippen LogP contribution in [0.3, 0.4) is 0 Å². The van der Waals surface area contributed by atoms with E-state index in [0.717, 1.165) is 22.5 Å².